The van der Waals surface area contributed by atoms with Crippen LogP contribution in [0.25, 0.3) is 0 Å². The first kappa shape index (κ1) is 18.3. The van der Waals surface area contributed by atoms with Crippen molar-refractivity contribution in [2.75, 3.05) is 17.2 Å². The summed E-state index contributed by atoms with van der Waals surface area (Å²) >= 11 is 5.66. The van der Waals surface area contributed by atoms with Gasteiger partial charge in [0.1, 0.15) is 0 Å². The average molecular weight is 367 g/mol. The van der Waals surface area contributed by atoms with Gasteiger partial charge in [-0.05, 0) is 42.7 Å². The third-order valence-corrected chi connectivity index (χ3v) is 5.74. The normalized spacial score (nSPS) is 11.2. The lowest BCUT2D eigenvalue weighted by Crippen LogP contribution is -2.29. The Kier molecular flexibility index (Phi) is 5.85. The molecule has 5 nitrogen and oxygen atoms in total. The van der Waals surface area contributed by atoms with Crippen molar-refractivity contribution in [2.24, 2.45) is 5.73 Å². The quantitative estimate of drug-likeness (QED) is 0.765. The lowest BCUT2D eigenvalue weighted by Gasteiger charge is -2.21. The van der Waals surface area contributed by atoms with E-state index in [9.17, 15) is 13.2 Å². The van der Waals surface area contributed by atoms with Crippen LogP contribution >= 0.6 is 11.6 Å². The van der Waals surface area contributed by atoms with Gasteiger partial charge in [0.2, 0.25) is 0 Å². The van der Waals surface area contributed by atoms with Gasteiger partial charge in [-0.1, -0.05) is 24.3 Å². The fraction of sp³-hybridized carbons (Fsp3) is 0.235. The van der Waals surface area contributed by atoms with Crippen LogP contribution in [0.5, 0.6) is 0 Å². The first-order valence-electron chi connectivity index (χ1n) is 7.40. The van der Waals surface area contributed by atoms with Gasteiger partial charge in [0.25, 0.3) is 15.9 Å². The summed E-state index contributed by atoms with van der Waals surface area (Å²) < 4.78 is 26.6. The monoisotopic (exact) mass is 366 g/mol. The molecule has 2 rings (SSSR count). The Labute approximate surface area is 147 Å². The zero-order valence-corrected chi connectivity index (χ0v) is 14.8. The molecule has 0 aromatic heterocycles. The van der Waals surface area contributed by atoms with Gasteiger partial charge < -0.3 is 5.73 Å². The maximum atomic E-state index is 12.8. The third kappa shape index (κ3) is 3.88. The third-order valence-electron chi connectivity index (χ3n) is 3.69. The molecule has 2 aromatic rings. The molecular weight excluding hydrogens is 348 g/mol. The average Bonchev–Trinajstić information content (AvgIpc) is 2.59. The van der Waals surface area contributed by atoms with Crippen LogP contribution < -0.4 is 10.0 Å². The number of hydrogen-bond donors (Lipinski definition) is 1. The van der Waals surface area contributed by atoms with Crippen LogP contribution in [0, 0.1) is 0 Å². The van der Waals surface area contributed by atoms with Crippen molar-refractivity contribution in [1.29, 1.82) is 0 Å². The maximum absolute atomic E-state index is 12.8. The fourth-order valence-corrected chi connectivity index (χ4v) is 3.69. The van der Waals surface area contributed by atoms with Crippen molar-refractivity contribution in [3.05, 3.63) is 59.7 Å². The number of primary amides is 1. The number of carbonyl (C=O) groups excluding carboxylic acids is 1. The van der Waals surface area contributed by atoms with E-state index in [1.807, 2.05) is 0 Å². The zero-order valence-electron chi connectivity index (χ0n) is 13.3. The maximum Gasteiger partial charge on any atom is 0.264 e. The second kappa shape index (κ2) is 7.68. The minimum atomic E-state index is -3.79. The molecule has 24 heavy (non-hydrogen) atoms. The first-order valence-corrected chi connectivity index (χ1v) is 9.38. The minimum absolute atomic E-state index is 0.152. The SMILES string of the molecule is CN(c1ccccc1C(N)=O)S(=O)(=O)c1ccc(CCCCl)cc1. The topological polar surface area (TPSA) is 80.5 Å². The van der Waals surface area contributed by atoms with Crippen molar-refractivity contribution in [1.82, 2.24) is 0 Å². The predicted octanol–water partition coefficient (Wildman–Crippen LogP) is 2.78. The number of anilines is 1. The molecule has 0 saturated heterocycles. The zero-order chi connectivity index (χ0) is 17.7. The van der Waals surface area contributed by atoms with Crippen molar-refractivity contribution in [3.63, 3.8) is 0 Å². The van der Waals surface area contributed by atoms with Crippen molar-refractivity contribution in [3.8, 4) is 0 Å². The Morgan fingerprint density at radius 3 is 2.33 bits per heavy atom. The lowest BCUT2D eigenvalue weighted by atomic mass is 10.1. The molecule has 1 amide bonds. The van der Waals surface area contributed by atoms with Gasteiger partial charge in [-0.3, -0.25) is 9.10 Å². The number of rotatable bonds is 7. The highest BCUT2D eigenvalue weighted by molar-refractivity contribution is 7.92. The molecular formula is C17H19ClN2O3S. The predicted molar refractivity (Wildman–Crippen MR) is 96.0 cm³/mol. The standard InChI is InChI=1S/C17H19ClN2O3S/c1-20(16-7-3-2-6-15(16)17(19)21)24(22,23)14-10-8-13(9-11-14)5-4-12-18/h2-3,6-11H,4-5,12H2,1H3,(H2,19,21). The largest absolute Gasteiger partial charge is 0.366 e. The summed E-state index contributed by atoms with van der Waals surface area (Å²) in [6.45, 7) is 0. The van der Waals surface area contributed by atoms with Crippen LogP contribution in [0.4, 0.5) is 5.69 Å². The number of amides is 1. The number of nitrogens with zero attached hydrogens (tertiary/aromatic N) is 1. The highest BCUT2D eigenvalue weighted by Gasteiger charge is 2.24. The summed E-state index contributed by atoms with van der Waals surface area (Å²) in [5, 5.41) is 0. The molecule has 0 aliphatic rings. The van der Waals surface area contributed by atoms with Gasteiger partial charge in [-0.2, -0.15) is 0 Å². The molecule has 0 spiro atoms. The molecule has 0 saturated carbocycles. The summed E-state index contributed by atoms with van der Waals surface area (Å²) in [4.78, 5) is 11.7. The van der Waals surface area contributed by atoms with Gasteiger partial charge in [0.15, 0.2) is 0 Å². The molecule has 0 fully saturated rings. The van der Waals surface area contributed by atoms with E-state index in [-0.39, 0.29) is 16.1 Å². The molecule has 128 valence electrons. The Morgan fingerprint density at radius 1 is 1.12 bits per heavy atom. The molecule has 2 N–H and O–H groups in total. The summed E-state index contributed by atoms with van der Waals surface area (Å²) in [7, 11) is -2.38. The summed E-state index contributed by atoms with van der Waals surface area (Å²) in [5.41, 5.74) is 6.75. The second-order valence-corrected chi connectivity index (χ2v) is 7.64. The van der Waals surface area contributed by atoms with E-state index in [1.54, 1.807) is 42.5 Å². The number of para-hydroxylation sites is 1. The van der Waals surface area contributed by atoms with Crippen LogP contribution in [0.1, 0.15) is 22.3 Å². The Hall–Kier alpha value is -2.05. The molecule has 0 aliphatic carbocycles. The molecule has 0 bridgehead atoms. The van der Waals surface area contributed by atoms with Gasteiger partial charge >= 0.3 is 0 Å². The van der Waals surface area contributed by atoms with E-state index in [2.05, 4.69) is 0 Å². The van der Waals surface area contributed by atoms with Crippen LogP contribution in [0.15, 0.2) is 53.4 Å². The molecule has 0 atom stereocenters. The number of halogens is 1. The first-order chi connectivity index (χ1) is 11.4. The van der Waals surface area contributed by atoms with Crippen LogP contribution in [-0.4, -0.2) is 27.3 Å². The molecule has 0 radical (unpaired) electrons. The Balaban J connectivity index is 2.35. The van der Waals surface area contributed by atoms with E-state index >= 15 is 0 Å². The van der Waals surface area contributed by atoms with E-state index in [1.165, 1.54) is 13.1 Å². The Bertz CT molecular complexity index is 820. The number of carbonyl (C=O) groups is 1. The van der Waals surface area contributed by atoms with Gasteiger partial charge in [-0.25, -0.2) is 8.42 Å². The fourth-order valence-electron chi connectivity index (χ4n) is 2.34. The van der Waals surface area contributed by atoms with E-state index in [0.29, 0.717) is 5.88 Å². The van der Waals surface area contributed by atoms with E-state index in [4.69, 9.17) is 17.3 Å². The summed E-state index contributed by atoms with van der Waals surface area (Å²) in [6.07, 6.45) is 1.63. The number of alkyl halides is 1. The highest BCUT2D eigenvalue weighted by Crippen LogP contribution is 2.25. The molecule has 2 aromatic carbocycles. The highest BCUT2D eigenvalue weighted by atomic mass is 35.5. The van der Waals surface area contributed by atoms with Crippen LogP contribution in [-0.2, 0) is 16.4 Å². The number of aryl methyl sites for hydroxylation is 1. The van der Waals surface area contributed by atoms with E-state index in [0.717, 1.165) is 22.7 Å². The smallest absolute Gasteiger partial charge is 0.264 e. The number of nitrogens with two attached hydrogens (primary N) is 1. The summed E-state index contributed by atoms with van der Waals surface area (Å²) in [6, 6.07) is 13.0. The van der Waals surface area contributed by atoms with Gasteiger partial charge in [0.05, 0.1) is 16.1 Å². The number of sulfonamides is 1. The van der Waals surface area contributed by atoms with Gasteiger partial charge in [0, 0.05) is 12.9 Å². The number of benzene rings is 2. The van der Waals surface area contributed by atoms with Crippen LogP contribution in [0.2, 0.25) is 0 Å². The number of hydrogen-bond acceptors (Lipinski definition) is 3. The minimum Gasteiger partial charge on any atom is -0.366 e. The van der Waals surface area contributed by atoms with E-state index < -0.39 is 15.9 Å². The van der Waals surface area contributed by atoms with Gasteiger partial charge in [-0.15, -0.1) is 11.6 Å². The lowest BCUT2D eigenvalue weighted by molar-refractivity contribution is 0.100. The second-order valence-electron chi connectivity index (χ2n) is 5.29. The summed E-state index contributed by atoms with van der Waals surface area (Å²) in [5.74, 6) is -0.115. The van der Waals surface area contributed by atoms with Crippen molar-refractivity contribution < 1.29 is 13.2 Å². The Morgan fingerprint density at radius 2 is 1.75 bits per heavy atom. The molecule has 0 unspecified atom stereocenters. The molecule has 7 heteroatoms. The van der Waals surface area contributed by atoms with Crippen molar-refractivity contribution >= 4 is 33.2 Å². The molecule has 0 heterocycles. The van der Waals surface area contributed by atoms with Crippen molar-refractivity contribution in [2.45, 2.75) is 17.7 Å². The molecule has 0 aliphatic heterocycles. The van der Waals surface area contributed by atoms with Crippen LogP contribution in [0.3, 0.4) is 0 Å².